The van der Waals surface area contributed by atoms with Gasteiger partial charge in [0.25, 0.3) is 5.91 Å². The molecule has 0 unspecified atom stereocenters. The van der Waals surface area contributed by atoms with Gasteiger partial charge < -0.3 is 5.32 Å². The van der Waals surface area contributed by atoms with Crippen molar-refractivity contribution in [2.24, 2.45) is 0 Å². The maximum absolute atomic E-state index is 12.5. The molecular weight excluding hydrogens is 366 g/mol. The van der Waals surface area contributed by atoms with Crippen molar-refractivity contribution in [3.63, 3.8) is 0 Å². The number of aromatic nitrogens is 6. The highest BCUT2D eigenvalue weighted by Crippen LogP contribution is 2.11. The van der Waals surface area contributed by atoms with Gasteiger partial charge in [0.2, 0.25) is 0 Å². The zero-order valence-corrected chi connectivity index (χ0v) is 16.7. The van der Waals surface area contributed by atoms with Crippen LogP contribution >= 0.6 is 0 Å². The highest BCUT2D eigenvalue weighted by atomic mass is 16.2. The lowest BCUT2D eigenvalue weighted by molar-refractivity contribution is 0.102. The fraction of sp³-hybridized carbons (Fsp3) is 0.238. The zero-order chi connectivity index (χ0) is 20.4. The van der Waals surface area contributed by atoms with Crippen LogP contribution in [0.25, 0.3) is 0 Å². The zero-order valence-electron chi connectivity index (χ0n) is 16.7. The number of benzene rings is 1. The first-order chi connectivity index (χ1) is 14.0. The molecule has 8 nitrogen and oxygen atoms in total. The second-order valence-corrected chi connectivity index (χ2v) is 7.09. The van der Waals surface area contributed by atoms with Crippen molar-refractivity contribution in [1.82, 2.24) is 29.3 Å². The maximum Gasteiger partial charge on any atom is 0.277 e. The van der Waals surface area contributed by atoms with Gasteiger partial charge in [-0.1, -0.05) is 24.3 Å². The van der Waals surface area contributed by atoms with E-state index < -0.39 is 0 Å². The van der Waals surface area contributed by atoms with E-state index in [1.807, 2.05) is 42.9 Å². The summed E-state index contributed by atoms with van der Waals surface area (Å²) >= 11 is 0. The van der Waals surface area contributed by atoms with E-state index in [4.69, 9.17) is 0 Å². The van der Waals surface area contributed by atoms with Gasteiger partial charge in [-0.05, 0) is 44.0 Å². The molecule has 1 amide bonds. The van der Waals surface area contributed by atoms with Crippen molar-refractivity contribution in [3.05, 3.63) is 83.1 Å². The number of anilines is 1. The molecule has 148 valence electrons. The summed E-state index contributed by atoms with van der Waals surface area (Å²) in [6.07, 6.45) is 3.62. The summed E-state index contributed by atoms with van der Waals surface area (Å²) in [6, 6.07) is 13.6. The summed E-state index contributed by atoms with van der Waals surface area (Å²) in [4.78, 5) is 12.5. The van der Waals surface area contributed by atoms with Crippen LogP contribution in [-0.2, 0) is 13.2 Å². The normalized spacial score (nSPS) is 11.0. The van der Waals surface area contributed by atoms with E-state index in [-0.39, 0.29) is 5.91 Å². The van der Waals surface area contributed by atoms with E-state index in [0.29, 0.717) is 24.7 Å². The smallest absolute Gasteiger partial charge is 0.277 e. The van der Waals surface area contributed by atoms with Crippen LogP contribution in [0.4, 0.5) is 5.82 Å². The summed E-state index contributed by atoms with van der Waals surface area (Å²) in [7, 11) is 0. The van der Waals surface area contributed by atoms with Crippen LogP contribution < -0.4 is 5.32 Å². The van der Waals surface area contributed by atoms with Crippen molar-refractivity contribution in [1.29, 1.82) is 0 Å². The third kappa shape index (κ3) is 4.26. The molecule has 1 N–H and O–H groups in total. The molecule has 0 fully saturated rings. The van der Waals surface area contributed by atoms with Gasteiger partial charge in [-0.3, -0.25) is 14.2 Å². The van der Waals surface area contributed by atoms with Crippen LogP contribution in [0.2, 0.25) is 0 Å². The molecule has 0 aliphatic rings. The Hall–Kier alpha value is -3.68. The summed E-state index contributed by atoms with van der Waals surface area (Å²) in [5.74, 6) is 0.204. The number of rotatable bonds is 6. The molecular formula is C21H23N7O. The molecule has 4 aromatic rings. The second kappa shape index (κ2) is 7.75. The van der Waals surface area contributed by atoms with Gasteiger partial charge in [-0.15, -0.1) is 0 Å². The second-order valence-electron chi connectivity index (χ2n) is 7.09. The summed E-state index contributed by atoms with van der Waals surface area (Å²) in [5, 5.41) is 16.0. The minimum atomic E-state index is -0.293. The van der Waals surface area contributed by atoms with Crippen molar-refractivity contribution < 1.29 is 4.79 Å². The number of hydrogen-bond donors (Lipinski definition) is 1. The number of nitrogens with zero attached hydrogens (tertiary/aromatic N) is 6. The van der Waals surface area contributed by atoms with Crippen LogP contribution in [-0.4, -0.2) is 35.2 Å². The summed E-state index contributed by atoms with van der Waals surface area (Å²) in [5.41, 5.74) is 4.73. The van der Waals surface area contributed by atoms with Crippen LogP contribution in [0.15, 0.2) is 54.9 Å². The predicted octanol–water partition coefficient (Wildman–Crippen LogP) is 3.01. The molecule has 3 aromatic heterocycles. The Morgan fingerprint density at radius 1 is 0.966 bits per heavy atom. The molecule has 0 atom stereocenters. The molecule has 0 radical (unpaired) electrons. The number of amides is 1. The molecule has 0 saturated heterocycles. The first-order valence-electron chi connectivity index (χ1n) is 9.42. The lowest BCUT2D eigenvalue weighted by atomic mass is 10.1. The van der Waals surface area contributed by atoms with Gasteiger partial charge in [0.1, 0.15) is 6.67 Å². The minimum Gasteiger partial charge on any atom is -0.304 e. The van der Waals surface area contributed by atoms with Crippen LogP contribution in [0.3, 0.4) is 0 Å². The van der Waals surface area contributed by atoms with Gasteiger partial charge in [0.15, 0.2) is 11.5 Å². The van der Waals surface area contributed by atoms with Crippen LogP contribution in [0, 0.1) is 20.8 Å². The number of hydrogen-bond acceptors (Lipinski definition) is 4. The summed E-state index contributed by atoms with van der Waals surface area (Å²) in [6.45, 7) is 7.12. The fourth-order valence-corrected chi connectivity index (χ4v) is 3.18. The molecule has 4 rings (SSSR count). The van der Waals surface area contributed by atoms with Gasteiger partial charge in [0.05, 0.1) is 12.2 Å². The fourth-order valence-electron chi connectivity index (χ4n) is 3.18. The Morgan fingerprint density at radius 3 is 2.52 bits per heavy atom. The average Bonchev–Trinajstić information content (AvgIpc) is 3.39. The third-order valence-corrected chi connectivity index (χ3v) is 4.73. The Balaban J connectivity index is 1.40. The van der Waals surface area contributed by atoms with Gasteiger partial charge in [0, 0.05) is 24.2 Å². The number of aryl methyl sites for hydroxylation is 3. The molecule has 0 bridgehead atoms. The van der Waals surface area contributed by atoms with E-state index >= 15 is 0 Å². The molecule has 29 heavy (non-hydrogen) atoms. The molecule has 3 heterocycles. The third-order valence-electron chi connectivity index (χ3n) is 4.73. The quantitative estimate of drug-likeness (QED) is 0.550. The Kier molecular flexibility index (Phi) is 4.99. The van der Waals surface area contributed by atoms with Crippen molar-refractivity contribution in [2.45, 2.75) is 34.0 Å². The topological polar surface area (TPSA) is 82.6 Å². The van der Waals surface area contributed by atoms with Gasteiger partial charge in [-0.2, -0.15) is 15.3 Å². The number of carbonyl (C=O) groups is 1. The first-order valence-corrected chi connectivity index (χ1v) is 9.42. The molecule has 0 aliphatic heterocycles. The number of carbonyl (C=O) groups excluding carboxylic acids is 1. The van der Waals surface area contributed by atoms with E-state index in [1.165, 1.54) is 11.1 Å². The lowest BCUT2D eigenvalue weighted by Crippen LogP contribution is -2.16. The Morgan fingerprint density at radius 2 is 1.76 bits per heavy atom. The molecule has 8 heteroatoms. The van der Waals surface area contributed by atoms with E-state index in [9.17, 15) is 4.79 Å². The van der Waals surface area contributed by atoms with E-state index in [1.54, 1.807) is 27.7 Å². The Labute approximate surface area is 168 Å². The molecule has 0 spiro atoms. The van der Waals surface area contributed by atoms with Crippen molar-refractivity contribution in [2.75, 3.05) is 5.32 Å². The molecule has 1 aromatic carbocycles. The van der Waals surface area contributed by atoms with E-state index in [0.717, 1.165) is 11.4 Å². The highest BCUT2D eigenvalue weighted by Gasteiger charge is 2.12. The number of nitrogens with one attached hydrogen (secondary N) is 1. The maximum atomic E-state index is 12.5. The van der Waals surface area contributed by atoms with Crippen molar-refractivity contribution in [3.8, 4) is 0 Å². The molecule has 0 aliphatic carbocycles. The minimum absolute atomic E-state index is 0.293. The Bertz CT molecular complexity index is 1150. The van der Waals surface area contributed by atoms with Gasteiger partial charge in [-0.25, -0.2) is 4.68 Å². The highest BCUT2D eigenvalue weighted by molar-refractivity contribution is 6.02. The van der Waals surface area contributed by atoms with Crippen LogP contribution in [0.5, 0.6) is 0 Å². The standard InChI is InChI=1S/C21H23N7O/c1-15-6-4-5-7-18(15)13-26-11-9-20(25-26)22-21(29)19-8-10-27(24-19)14-28-17(3)12-16(2)23-28/h4-12H,13-14H2,1-3H3,(H,22,25,29). The largest absolute Gasteiger partial charge is 0.304 e. The average molecular weight is 389 g/mol. The van der Waals surface area contributed by atoms with Gasteiger partial charge >= 0.3 is 0 Å². The van der Waals surface area contributed by atoms with Crippen molar-refractivity contribution >= 4 is 11.7 Å². The molecule has 0 saturated carbocycles. The monoisotopic (exact) mass is 389 g/mol. The SMILES string of the molecule is Cc1cc(C)n(Cn2ccc(C(=O)Nc3ccn(Cc4ccccc4C)n3)n2)n1. The van der Waals surface area contributed by atoms with E-state index in [2.05, 4.69) is 39.7 Å². The van der Waals surface area contributed by atoms with Crippen LogP contribution in [0.1, 0.15) is 33.0 Å². The predicted molar refractivity (Wildman–Crippen MR) is 110 cm³/mol. The summed E-state index contributed by atoms with van der Waals surface area (Å²) < 4.78 is 5.34. The lowest BCUT2D eigenvalue weighted by Gasteiger charge is -2.05. The first kappa shape index (κ1) is 18.7.